The fourth-order valence-electron chi connectivity index (χ4n) is 5.38. The molecule has 0 saturated carbocycles. The van der Waals surface area contributed by atoms with Crippen LogP contribution in [0.25, 0.3) is 10.9 Å². The normalized spacial score (nSPS) is 12.4. The summed E-state index contributed by atoms with van der Waals surface area (Å²) >= 11 is 0. The minimum absolute atomic E-state index is 0.225. The Bertz CT molecular complexity index is 1740. The molecule has 5 aromatic rings. The number of benzene rings is 3. The summed E-state index contributed by atoms with van der Waals surface area (Å²) in [5.41, 5.74) is 2.65. The maximum absolute atomic E-state index is 13.9. The van der Waals surface area contributed by atoms with E-state index in [9.17, 15) is 4.79 Å². The van der Waals surface area contributed by atoms with Gasteiger partial charge in [-0.25, -0.2) is 4.68 Å². The number of hydrogen-bond donors (Lipinski definition) is 1. The number of aromatic amines is 1. The van der Waals surface area contributed by atoms with Crippen LogP contribution in [0.2, 0.25) is 0 Å². The third-order valence-electron chi connectivity index (χ3n) is 7.50. The molecule has 0 unspecified atom stereocenters. The second-order valence-corrected chi connectivity index (χ2v) is 11.4. The van der Waals surface area contributed by atoms with Crippen LogP contribution in [0.3, 0.4) is 0 Å². The van der Waals surface area contributed by atoms with E-state index in [1.807, 2.05) is 81.4 Å². The van der Waals surface area contributed by atoms with Crippen LogP contribution in [0, 0.1) is 0 Å². The third-order valence-corrected chi connectivity index (χ3v) is 7.50. The quantitative estimate of drug-likeness (QED) is 0.228. The molecule has 0 amide bonds. The number of pyridine rings is 1. The molecule has 2 aromatic heterocycles. The first-order valence-corrected chi connectivity index (χ1v) is 14.2. The molecule has 2 heterocycles. The predicted octanol–water partition coefficient (Wildman–Crippen LogP) is 5.13. The van der Waals surface area contributed by atoms with Crippen molar-refractivity contribution in [2.45, 2.75) is 45.3 Å². The molecule has 1 N–H and O–H groups in total. The van der Waals surface area contributed by atoms with Crippen LogP contribution in [0.4, 0.5) is 0 Å². The van der Waals surface area contributed by atoms with E-state index in [1.54, 1.807) is 26.0 Å². The van der Waals surface area contributed by atoms with Crippen molar-refractivity contribution in [3.05, 3.63) is 106 Å². The number of nitrogens with one attached hydrogen (secondary N) is 1. The van der Waals surface area contributed by atoms with Crippen LogP contribution < -0.4 is 19.8 Å². The first kappa shape index (κ1) is 29.8. The Kier molecular flexibility index (Phi) is 8.77. The van der Waals surface area contributed by atoms with Crippen molar-refractivity contribution in [2.24, 2.45) is 0 Å². The average Bonchev–Trinajstić information content (AvgIpc) is 3.50. The van der Waals surface area contributed by atoms with Crippen molar-refractivity contribution in [3.63, 3.8) is 0 Å². The van der Waals surface area contributed by atoms with E-state index in [0.717, 1.165) is 17.4 Å². The molecule has 0 radical (unpaired) electrons. The van der Waals surface area contributed by atoms with E-state index in [0.29, 0.717) is 47.2 Å². The van der Waals surface area contributed by atoms with Gasteiger partial charge in [0.05, 0.1) is 32.4 Å². The first-order chi connectivity index (χ1) is 20.7. The molecule has 0 fully saturated rings. The number of hydrogen-bond acceptors (Lipinski definition) is 8. The van der Waals surface area contributed by atoms with Crippen molar-refractivity contribution in [3.8, 4) is 17.2 Å². The van der Waals surface area contributed by atoms with E-state index < -0.39 is 11.6 Å². The van der Waals surface area contributed by atoms with Crippen molar-refractivity contribution in [1.82, 2.24) is 30.1 Å². The fourth-order valence-corrected chi connectivity index (χ4v) is 5.38. The molecule has 10 heteroatoms. The molecule has 10 nitrogen and oxygen atoms in total. The molecular weight excluding hydrogens is 544 g/mol. The van der Waals surface area contributed by atoms with Crippen LogP contribution in [0.1, 0.15) is 49.3 Å². The number of fused-ring (bicyclic) bond motifs is 1. The van der Waals surface area contributed by atoms with Gasteiger partial charge in [-0.15, -0.1) is 5.10 Å². The number of para-hydroxylation sites is 1. The fraction of sp³-hybridized carbons (Fsp3) is 0.333. The summed E-state index contributed by atoms with van der Waals surface area (Å²) in [7, 11) is 4.86. The Labute approximate surface area is 251 Å². The highest BCUT2D eigenvalue weighted by atomic mass is 16.5. The molecule has 0 aliphatic carbocycles. The Morgan fingerprint density at radius 1 is 0.930 bits per heavy atom. The summed E-state index contributed by atoms with van der Waals surface area (Å²) in [6.07, 6.45) is 0.739. The van der Waals surface area contributed by atoms with Gasteiger partial charge in [0.1, 0.15) is 11.8 Å². The largest absolute Gasteiger partial charge is 0.497 e. The summed E-state index contributed by atoms with van der Waals surface area (Å²) in [4.78, 5) is 19.3. The summed E-state index contributed by atoms with van der Waals surface area (Å²) in [6, 6.07) is 23.1. The number of H-pyrrole nitrogens is 1. The average molecular weight is 583 g/mol. The maximum atomic E-state index is 13.9. The minimum Gasteiger partial charge on any atom is -0.497 e. The van der Waals surface area contributed by atoms with Gasteiger partial charge in [-0.2, -0.15) is 0 Å². The SMILES string of the molecule is COc1ccc2cc([C@H](c3nnnn3C(C)(C)C)N(CCc3ccccc3)Cc3cccc(OC)c3OC)c(=O)[nH]c2c1. The molecule has 3 aromatic carbocycles. The summed E-state index contributed by atoms with van der Waals surface area (Å²) in [5, 5.41) is 13.9. The van der Waals surface area contributed by atoms with Crippen LogP contribution in [-0.4, -0.2) is 58.0 Å². The van der Waals surface area contributed by atoms with E-state index in [1.165, 1.54) is 5.56 Å². The maximum Gasteiger partial charge on any atom is 0.253 e. The second-order valence-electron chi connectivity index (χ2n) is 11.4. The lowest BCUT2D eigenvalue weighted by molar-refractivity contribution is 0.192. The Balaban J connectivity index is 1.71. The highest BCUT2D eigenvalue weighted by molar-refractivity contribution is 5.80. The molecule has 5 rings (SSSR count). The number of aromatic nitrogens is 5. The smallest absolute Gasteiger partial charge is 0.253 e. The Morgan fingerprint density at radius 2 is 1.72 bits per heavy atom. The van der Waals surface area contributed by atoms with Gasteiger partial charge < -0.3 is 19.2 Å². The van der Waals surface area contributed by atoms with Crippen LogP contribution in [-0.2, 0) is 18.5 Å². The van der Waals surface area contributed by atoms with Crippen molar-refractivity contribution in [2.75, 3.05) is 27.9 Å². The highest BCUT2D eigenvalue weighted by Gasteiger charge is 2.34. The number of nitrogens with zero attached hydrogens (tertiary/aromatic N) is 5. The molecule has 224 valence electrons. The zero-order valence-corrected chi connectivity index (χ0v) is 25.5. The molecule has 43 heavy (non-hydrogen) atoms. The van der Waals surface area contributed by atoms with E-state index >= 15 is 0 Å². The Morgan fingerprint density at radius 3 is 2.42 bits per heavy atom. The third kappa shape index (κ3) is 6.39. The summed E-state index contributed by atoms with van der Waals surface area (Å²) in [5.74, 6) is 2.51. The van der Waals surface area contributed by atoms with E-state index in [2.05, 4.69) is 37.5 Å². The van der Waals surface area contributed by atoms with Crippen molar-refractivity contribution < 1.29 is 14.2 Å². The minimum atomic E-state index is -0.593. The lowest BCUT2D eigenvalue weighted by atomic mass is 10.00. The lowest BCUT2D eigenvalue weighted by Crippen LogP contribution is -2.38. The highest BCUT2D eigenvalue weighted by Crippen LogP contribution is 2.36. The van der Waals surface area contributed by atoms with Gasteiger partial charge in [0.15, 0.2) is 17.3 Å². The van der Waals surface area contributed by atoms with Gasteiger partial charge in [-0.05, 0) is 72.8 Å². The molecular formula is C33H38N6O4. The van der Waals surface area contributed by atoms with Gasteiger partial charge in [-0.3, -0.25) is 9.69 Å². The van der Waals surface area contributed by atoms with Gasteiger partial charge in [0.2, 0.25) is 0 Å². The molecule has 0 bridgehead atoms. The summed E-state index contributed by atoms with van der Waals surface area (Å²) < 4.78 is 18.6. The van der Waals surface area contributed by atoms with E-state index in [-0.39, 0.29) is 5.56 Å². The standard InChI is InChI=1S/C33H38N6O4/c1-33(2,3)39-31(35-36-37-39)29(26-19-23-15-16-25(41-4)20-27(23)34-32(26)40)38(18-17-22-11-8-7-9-12-22)21-24-13-10-14-28(42-5)30(24)43-6/h7-16,19-20,29H,17-18,21H2,1-6H3,(H,34,40)/t29-/m1/s1. The van der Waals surface area contributed by atoms with Gasteiger partial charge in [0, 0.05) is 30.3 Å². The van der Waals surface area contributed by atoms with Gasteiger partial charge in [0.25, 0.3) is 5.56 Å². The van der Waals surface area contributed by atoms with E-state index in [4.69, 9.17) is 14.2 Å². The lowest BCUT2D eigenvalue weighted by Gasteiger charge is -2.33. The number of methoxy groups -OCH3 is 3. The first-order valence-electron chi connectivity index (χ1n) is 14.2. The zero-order valence-electron chi connectivity index (χ0n) is 25.5. The van der Waals surface area contributed by atoms with Gasteiger partial charge in [-0.1, -0.05) is 42.5 Å². The molecule has 0 aliphatic heterocycles. The van der Waals surface area contributed by atoms with Crippen LogP contribution in [0.5, 0.6) is 17.2 Å². The number of tetrazole rings is 1. The molecule has 0 saturated heterocycles. The predicted molar refractivity (Wildman–Crippen MR) is 166 cm³/mol. The molecule has 0 spiro atoms. The van der Waals surface area contributed by atoms with Crippen LogP contribution in [0.15, 0.2) is 77.6 Å². The molecule has 1 atom stereocenters. The van der Waals surface area contributed by atoms with Crippen molar-refractivity contribution in [1.29, 1.82) is 0 Å². The number of ether oxygens (including phenoxy) is 3. The topological polar surface area (TPSA) is 107 Å². The number of rotatable bonds is 11. The van der Waals surface area contributed by atoms with Crippen molar-refractivity contribution >= 4 is 10.9 Å². The monoisotopic (exact) mass is 582 g/mol. The second kappa shape index (κ2) is 12.7. The zero-order chi connectivity index (χ0) is 30.6. The van der Waals surface area contributed by atoms with Gasteiger partial charge >= 0.3 is 0 Å². The Hall–Kier alpha value is -4.70. The summed E-state index contributed by atoms with van der Waals surface area (Å²) in [6.45, 7) is 7.17. The molecule has 0 aliphatic rings. The van der Waals surface area contributed by atoms with Crippen LogP contribution >= 0.6 is 0 Å².